The van der Waals surface area contributed by atoms with Gasteiger partial charge in [-0.3, -0.25) is 24.2 Å². The van der Waals surface area contributed by atoms with E-state index in [1.54, 1.807) is 24.3 Å². The summed E-state index contributed by atoms with van der Waals surface area (Å²) in [4.78, 5) is 46.5. The number of carbonyl (C=O) groups is 3. The predicted octanol–water partition coefficient (Wildman–Crippen LogP) is 4.64. The topological polar surface area (TPSA) is 73.8 Å². The molecule has 3 amide bonds. The number of nitrogens with zero attached hydrogens (tertiary/aromatic N) is 4. The number of anilines is 2. The molecule has 35 heavy (non-hydrogen) atoms. The van der Waals surface area contributed by atoms with Crippen LogP contribution in [0.3, 0.4) is 0 Å². The molecule has 11 heteroatoms. The number of imide groups is 1. The zero-order valence-corrected chi connectivity index (χ0v) is 20.9. The van der Waals surface area contributed by atoms with Crippen LogP contribution in [-0.4, -0.2) is 53.8 Å². The van der Waals surface area contributed by atoms with E-state index in [0.717, 1.165) is 35.4 Å². The number of rotatable bonds is 8. The number of likely N-dealkylation sites (N-methyl/N-ethyl adjacent to an activating group) is 1. The Labute approximate surface area is 211 Å². The Morgan fingerprint density at radius 2 is 1.66 bits per heavy atom. The highest BCUT2D eigenvalue weighted by Crippen LogP contribution is 2.32. The number of fused-ring (bicyclic) bond motifs is 1. The molecule has 2 aromatic carbocycles. The minimum atomic E-state index is -0.780. The number of carbonyl (C=O) groups excluding carboxylic acids is 3. The molecule has 0 N–H and O–H groups in total. The molecular formula is C24H25ClF2N4O3S. The Morgan fingerprint density at radius 1 is 1.03 bits per heavy atom. The molecular weight excluding hydrogens is 498 g/mol. The molecule has 1 aromatic heterocycles. The molecule has 0 aliphatic carbocycles. The summed E-state index contributed by atoms with van der Waals surface area (Å²) in [6, 6.07) is 8.19. The van der Waals surface area contributed by atoms with Gasteiger partial charge in [0.1, 0.15) is 11.3 Å². The standard InChI is InChI=1S/C24H24F2N4O3S.ClH/c1-3-28(4-2)11-12-29(24-27-22-18(26)13-16(25)14-19(22)34-24)23(33)15-5-7-17(8-6-15)30-20(31)9-10-21(30)32;/h5-8,13-14H,3-4,9-12H2,1-2H3;1H. The number of halogens is 3. The largest absolute Gasteiger partial charge is 0.302 e. The molecule has 1 saturated heterocycles. The van der Waals surface area contributed by atoms with Crippen LogP contribution in [0.4, 0.5) is 19.6 Å². The molecule has 1 aliphatic heterocycles. The van der Waals surface area contributed by atoms with Gasteiger partial charge in [0, 0.05) is 37.6 Å². The maximum Gasteiger partial charge on any atom is 0.260 e. The van der Waals surface area contributed by atoms with Gasteiger partial charge in [-0.25, -0.2) is 13.8 Å². The fourth-order valence-electron chi connectivity index (χ4n) is 3.90. The number of thiazole rings is 1. The van der Waals surface area contributed by atoms with Crippen molar-refractivity contribution in [1.82, 2.24) is 9.88 Å². The van der Waals surface area contributed by atoms with Crippen molar-refractivity contribution in [1.29, 1.82) is 0 Å². The van der Waals surface area contributed by atoms with Crippen LogP contribution in [0.1, 0.15) is 37.0 Å². The van der Waals surface area contributed by atoms with Gasteiger partial charge in [-0.15, -0.1) is 12.4 Å². The quantitative estimate of drug-likeness (QED) is 0.403. The fourth-order valence-corrected chi connectivity index (χ4v) is 4.93. The van der Waals surface area contributed by atoms with Crippen molar-refractivity contribution in [3.63, 3.8) is 0 Å². The number of hydrogen-bond donors (Lipinski definition) is 0. The summed E-state index contributed by atoms with van der Waals surface area (Å²) < 4.78 is 28.3. The maximum absolute atomic E-state index is 14.3. The molecule has 0 unspecified atom stereocenters. The molecule has 7 nitrogen and oxygen atoms in total. The molecule has 2 heterocycles. The van der Waals surface area contributed by atoms with Crippen LogP contribution in [0.2, 0.25) is 0 Å². The van der Waals surface area contributed by atoms with Crippen molar-refractivity contribution in [3.05, 3.63) is 53.6 Å². The van der Waals surface area contributed by atoms with Gasteiger partial charge in [0.05, 0.1) is 10.4 Å². The van der Waals surface area contributed by atoms with Gasteiger partial charge in [-0.05, 0) is 43.4 Å². The van der Waals surface area contributed by atoms with Crippen molar-refractivity contribution in [2.75, 3.05) is 36.0 Å². The highest BCUT2D eigenvalue weighted by molar-refractivity contribution is 7.22. The lowest BCUT2D eigenvalue weighted by atomic mass is 10.1. The molecule has 1 aliphatic rings. The van der Waals surface area contributed by atoms with E-state index in [-0.39, 0.29) is 53.6 Å². The Bertz CT molecular complexity index is 1230. The third-order valence-electron chi connectivity index (χ3n) is 5.84. The monoisotopic (exact) mass is 522 g/mol. The van der Waals surface area contributed by atoms with Crippen LogP contribution < -0.4 is 9.80 Å². The number of hydrogen-bond acceptors (Lipinski definition) is 6. The summed E-state index contributed by atoms with van der Waals surface area (Å²) in [5.74, 6) is -2.39. The molecule has 1 fully saturated rings. The average molecular weight is 523 g/mol. The summed E-state index contributed by atoms with van der Waals surface area (Å²) in [5, 5.41) is 0.269. The third-order valence-corrected chi connectivity index (χ3v) is 6.86. The van der Waals surface area contributed by atoms with E-state index in [1.807, 2.05) is 13.8 Å². The minimum Gasteiger partial charge on any atom is -0.302 e. The van der Waals surface area contributed by atoms with Crippen molar-refractivity contribution in [2.24, 2.45) is 0 Å². The van der Waals surface area contributed by atoms with Crippen LogP contribution in [0.5, 0.6) is 0 Å². The first-order valence-corrected chi connectivity index (χ1v) is 11.9. The van der Waals surface area contributed by atoms with Gasteiger partial charge < -0.3 is 4.90 Å². The second-order valence-corrected chi connectivity index (χ2v) is 8.89. The average Bonchev–Trinajstić information content (AvgIpc) is 3.39. The lowest BCUT2D eigenvalue weighted by Crippen LogP contribution is -2.39. The van der Waals surface area contributed by atoms with E-state index >= 15 is 0 Å². The van der Waals surface area contributed by atoms with Gasteiger partial charge in [0.15, 0.2) is 10.9 Å². The number of benzene rings is 2. The molecule has 0 saturated carbocycles. The summed E-state index contributed by atoms with van der Waals surface area (Å²) in [5.41, 5.74) is 0.757. The van der Waals surface area contributed by atoms with Gasteiger partial charge >= 0.3 is 0 Å². The normalized spacial score (nSPS) is 13.6. The van der Waals surface area contributed by atoms with Crippen molar-refractivity contribution < 1.29 is 23.2 Å². The van der Waals surface area contributed by atoms with E-state index in [0.29, 0.717) is 29.0 Å². The van der Waals surface area contributed by atoms with Crippen molar-refractivity contribution in [3.8, 4) is 0 Å². The Morgan fingerprint density at radius 3 is 2.26 bits per heavy atom. The zero-order valence-electron chi connectivity index (χ0n) is 19.3. The number of amides is 3. The van der Waals surface area contributed by atoms with Crippen molar-refractivity contribution in [2.45, 2.75) is 26.7 Å². The molecule has 0 bridgehead atoms. The van der Waals surface area contributed by atoms with Crippen LogP contribution in [0.15, 0.2) is 36.4 Å². The van der Waals surface area contributed by atoms with Gasteiger partial charge in [-0.2, -0.15) is 0 Å². The fraction of sp³-hybridized carbons (Fsp3) is 0.333. The van der Waals surface area contributed by atoms with E-state index in [2.05, 4.69) is 9.88 Å². The van der Waals surface area contributed by atoms with Crippen LogP contribution in [-0.2, 0) is 9.59 Å². The van der Waals surface area contributed by atoms with Gasteiger partial charge in [0.25, 0.3) is 5.91 Å². The Hall–Kier alpha value is -2.95. The molecule has 0 atom stereocenters. The summed E-state index contributed by atoms with van der Waals surface area (Å²) >= 11 is 1.05. The smallest absolute Gasteiger partial charge is 0.260 e. The maximum atomic E-state index is 14.3. The van der Waals surface area contributed by atoms with E-state index in [1.165, 1.54) is 11.0 Å². The summed E-state index contributed by atoms with van der Waals surface area (Å²) in [6.07, 6.45) is 0.348. The Kier molecular flexibility index (Phi) is 8.52. The summed E-state index contributed by atoms with van der Waals surface area (Å²) in [6.45, 7) is 6.50. The highest BCUT2D eigenvalue weighted by atomic mass is 35.5. The third kappa shape index (κ3) is 5.50. The minimum absolute atomic E-state index is 0. The van der Waals surface area contributed by atoms with E-state index < -0.39 is 11.6 Å². The van der Waals surface area contributed by atoms with Crippen LogP contribution in [0, 0.1) is 11.6 Å². The van der Waals surface area contributed by atoms with Crippen LogP contribution in [0.25, 0.3) is 10.2 Å². The molecule has 0 radical (unpaired) electrons. The lowest BCUT2D eigenvalue weighted by Gasteiger charge is -2.25. The Balaban J connectivity index is 0.00000342. The SMILES string of the molecule is CCN(CC)CCN(C(=O)c1ccc(N2C(=O)CCC2=O)cc1)c1nc2c(F)cc(F)cc2s1.Cl. The first-order chi connectivity index (χ1) is 16.3. The second-order valence-electron chi connectivity index (χ2n) is 7.88. The first-order valence-electron chi connectivity index (χ1n) is 11.1. The lowest BCUT2D eigenvalue weighted by molar-refractivity contribution is -0.121. The van der Waals surface area contributed by atoms with E-state index in [9.17, 15) is 23.2 Å². The van der Waals surface area contributed by atoms with Crippen molar-refractivity contribution >= 4 is 62.5 Å². The highest BCUT2D eigenvalue weighted by Gasteiger charge is 2.30. The van der Waals surface area contributed by atoms with Gasteiger partial charge in [-0.1, -0.05) is 25.2 Å². The molecule has 186 valence electrons. The zero-order chi connectivity index (χ0) is 24.4. The predicted molar refractivity (Wildman–Crippen MR) is 134 cm³/mol. The van der Waals surface area contributed by atoms with Gasteiger partial charge in [0.2, 0.25) is 11.8 Å². The second kappa shape index (κ2) is 11.2. The van der Waals surface area contributed by atoms with E-state index in [4.69, 9.17) is 0 Å². The molecule has 3 aromatic rings. The molecule has 4 rings (SSSR count). The first kappa shape index (κ1) is 26.7. The molecule has 0 spiro atoms. The van der Waals surface area contributed by atoms with Crippen LogP contribution >= 0.6 is 23.7 Å². The number of aromatic nitrogens is 1. The summed E-state index contributed by atoms with van der Waals surface area (Å²) in [7, 11) is 0.